The van der Waals surface area contributed by atoms with Crippen molar-refractivity contribution < 1.29 is 9.59 Å². The summed E-state index contributed by atoms with van der Waals surface area (Å²) >= 11 is 0. The molecule has 1 fully saturated rings. The number of hydrogen-bond donors (Lipinski definition) is 2. The van der Waals surface area contributed by atoms with Crippen LogP contribution in [0.1, 0.15) is 34.8 Å². The normalized spacial score (nSPS) is 15.9. The Bertz CT molecular complexity index is 1040. The van der Waals surface area contributed by atoms with Crippen LogP contribution in [-0.2, 0) is 11.2 Å². The molecule has 124 valence electrons. The fourth-order valence-electron chi connectivity index (χ4n) is 3.17. The zero-order valence-corrected chi connectivity index (χ0v) is 13.3. The maximum Gasteiger partial charge on any atom is 0.257 e. The predicted octanol–water partition coefficient (Wildman–Crippen LogP) is 2.51. The first-order valence-electron chi connectivity index (χ1n) is 8.24. The first kappa shape index (κ1) is 14.2. The Labute approximate surface area is 143 Å². The van der Waals surface area contributed by atoms with Crippen molar-refractivity contribution >= 4 is 34.4 Å². The van der Waals surface area contributed by atoms with Crippen LogP contribution in [0.4, 0.5) is 11.4 Å². The van der Waals surface area contributed by atoms with Gasteiger partial charge in [-0.1, -0.05) is 0 Å². The van der Waals surface area contributed by atoms with E-state index in [0.717, 1.165) is 35.3 Å². The SMILES string of the molecule is O=C1Cc2cc(NC(=O)c3cnc4c(c3)ncn4C3CC3)ccc2N1. The molecule has 0 radical (unpaired) electrons. The van der Waals surface area contributed by atoms with Crippen LogP contribution in [0.15, 0.2) is 36.8 Å². The van der Waals surface area contributed by atoms with Crippen LogP contribution in [0.25, 0.3) is 11.2 Å². The average Bonchev–Trinajstić information content (AvgIpc) is 3.24. The van der Waals surface area contributed by atoms with Gasteiger partial charge >= 0.3 is 0 Å². The van der Waals surface area contributed by atoms with E-state index in [4.69, 9.17) is 0 Å². The molecule has 2 N–H and O–H groups in total. The number of hydrogen-bond acceptors (Lipinski definition) is 4. The lowest BCUT2D eigenvalue weighted by Crippen LogP contribution is -2.12. The number of pyridine rings is 1. The van der Waals surface area contributed by atoms with Crippen LogP contribution in [0.3, 0.4) is 0 Å². The van der Waals surface area contributed by atoms with E-state index in [1.54, 1.807) is 30.7 Å². The Morgan fingerprint density at radius 1 is 1.24 bits per heavy atom. The van der Waals surface area contributed by atoms with Gasteiger partial charge in [0.25, 0.3) is 5.91 Å². The fourth-order valence-corrected chi connectivity index (χ4v) is 3.17. The van der Waals surface area contributed by atoms with Crippen molar-refractivity contribution in [3.63, 3.8) is 0 Å². The number of anilines is 2. The van der Waals surface area contributed by atoms with E-state index in [9.17, 15) is 9.59 Å². The molecule has 0 unspecified atom stereocenters. The van der Waals surface area contributed by atoms with E-state index >= 15 is 0 Å². The smallest absolute Gasteiger partial charge is 0.257 e. The molecule has 0 atom stereocenters. The second-order valence-electron chi connectivity index (χ2n) is 6.50. The predicted molar refractivity (Wildman–Crippen MR) is 92.5 cm³/mol. The second-order valence-corrected chi connectivity index (χ2v) is 6.50. The number of nitrogens with one attached hydrogen (secondary N) is 2. The number of carbonyl (C=O) groups excluding carboxylic acids is 2. The number of fused-ring (bicyclic) bond motifs is 2. The molecule has 0 spiro atoms. The molecular formula is C18H15N5O2. The summed E-state index contributed by atoms with van der Waals surface area (Å²) in [7, 11) is 0. The van der Waals surface area contributed by atoms with Crippen LogP contribution in [0, 0.1) is 0 Å². The molecule has 0 bridgehead atoms. The summed E-state index contributed by atoms with van der Waals surface area (Å²) in [5.41, 5.74) is 4.35. The molecule has 0 saturated heterocycles. The van der Waals surface area contributed by atoms with Gasteiger partial charge in [-0.15, -0.1) is 0 Å². The maximum absolute atomic E-state index is 12.5. The Balaban J connectivity index is 1.40. The third-order valence-corrected chi connectivity index (χ3v) is 4.60. The lowest BCUT2D eigenvalue weighted by atomic mass is 10.1. The molecule has 3 aromatic rings. The van der Waals surface area contributed by atoms with Gasteiger partial charge in [0.1, 0.15) is 5.52 Å². The average molecular weight is 333 g/mol. The Morgan fingerprint density at radius 3 is 2.96 bits per heavy atom. The zero-order valence-electron chi connectivity index (χ0n) is 13.3. The van der Waals surface area contributed by atoms with E-state index in [0.29, 0.717) is 23.7 Å². The lowest BCUT2D eigenvalue weighted by Gasteiger charge is -2.07. The third kappa shape index (κ3) is 2.44. The standard InChI is InChI=1S/C18H15N5O2/c24-16-7-10-5-12(1-4-14(10)22-16)21-18(25)11-6-15-17(19-8-11)23(9-20-15)13-2-3-13/h1,4-6,8-9,13H,2-3,7H2,(H,21,25)(H,22,24). The van der Waals surface area contributed by atoms with E-state index in [2.05, 4.69) is 25.2 Å². The van der Waals surface area contributed by atoms with Crippen molar-refractivity contribution in [1.29, 1.82) is 0 Å². The molecule has 7 heteroatoms. The van der Waals surface area contributed by atoms with Gasteiger partial charge < -0.3 is 15.2 Å². The van der Waals surface area contributed by atoms with Gasteiger partial charge in [0.2, 0.25) is 5.91 Å². The van der Waals surface area contributed by atoms with Crippen molar-refractivity contribution in [3.05, 3.63) is 47.9 Å². The number of nitrogens with zero attached hydrogens (tertiary/aromatic N) is 3. The molecule has 7 nitrogen and oxygen atoms in total. The van der Waals surface area contributed by atoms with Crippen LogP contribution < -0.4 is 10.6 Å². The molecule has 1 saturated carbocycles. The van der Waals surface area contributed by atoms with Crippen molar-refractivity contribution in [2.24, 2.45) is 0 Å². The first-order chi connectivity index (χ1) is 12.2. The van der Waals surface area contributed by atoms with E-state index in [-0.39, 0.29) is 11.8 Å². The highest BCUT2D eigenvalue weighted by Crippen LogP contribution is 2.36. The molecule has 1 aromatic carbocycles. The first-order valence-corrected chi connectivity index (χ1v) is 8.24. The van der Waals surface area contributed by atoms with E-state index in [1.807, 2.05) is 6.07 Å². The van der Waals surface area contributed by atoms with Crippen LogP contribution in [0.5, 0.6) is 0 Å². The molecule has 3 heterocycles. The topological polar surface area (TPSA) is 88.9 Å². The van der Waals surface area contributed by atoms with Gasteiger partial charge in [0, 0.05) is 23.6 Å². The number of benzene rings is 1. The van der Waals surface area contributed by atoms with E-state index < -0.39 is 0 Å². The largest absolute Gasteiger partial charge is 0.326 e. The number of imidazole rings is 1. The Morgan fingerprint density at radius 2 is 2.12 bits per heavy atom. The summed E-state index contributed by atoms with van der Waals surface area (Å²) in [5, 5.41) is 5.63. The van der Waals surface area contributed by atoms with E-state index in [1.165, 1.54) is 0 Å². The number of amides is 2. The van der Waals surface area contributed by atoms with Crippen molar-refractivity contribution in [1.82, 2.24) is 14.5 Å². The van der Waals surface area contributed by atoms with Gasteiger partial charge in [0.15, 0.2) is 5.65 Å². The van der Waals surface area contributed by atoms with Gasteiger partial charge in [-0.25, -0.2) is 9.97 Å². The number of aromatic nitrogens is 3. The van der Waals surface area contributed by atoms with Crippen LogP contribution in [-0.4, -0.2) is 26.3 Å². The van der Waals surface area contributed by atoms with Crippen LogP contribution in [0.2, 0.25) is 0 Å². The molecule has 25 heavy (non-hydrogen) atoms. The third-order valence-electron chi connectivity index (χ3n) is 4.60. The highest BCUT2D eigenvalue weighted by molar-refractivity contribution is 6.06. The minimum absolute atomic E-state index is 0.0284. The highest BCUT2D eigenvalue weighted by Gasteiger charge is 2.25. The zero-order chi connectivity index (χ0) is 17.0. The molecule has 1 aliphatic heterocycles. The summed E-state index contributed by atoms with van der Waals surface area (Å²) < 4.78 is 2.07. The van der Waals surface area contributed by atoms with Gasteiger partial charge in [-0.05, 0) is 42.7 Å². The summed E-state index contributed by atoms with van der Waals surface area (Å²) in [6, 6.07) is 7.65. The molecule has 1 aliphatic carbocycles. The highest BCUT2D eigenvalue weighted by atomic mass is 16.2. The van der Waals surface area contributed by atoms with Gasteiger partial charge in [-0.2, -0.15) is 0 Å². The summed E-state index contributed by atoms with van der Waals surface area (Å²) in [6.45, 7) is 0. The number of rotatable bonds is 3. The molecule has 2 amide bonds. The maximum atomic E-state index is 12.5. The Kier molecular flexibility index (Phi) is 2.91. The van der Waals surface area contributed by atoms with Crippen LogP contribution >= 0.6 is 0 Å². The minimum Gasteiger partial charge on any atom is -0.326 e. The summed E-state index contributed by atoms with van der Waals surface area (Å²) in [6.07, 6.45) is 6.03. The molecule has 2 aromatic heterocycles. The molecule has 5 rings (SSSR count). The summed E-state index contributed by atoms with van der Waals surface area (Å²) in [5.74, 6) is -0.271. The van der Waals surface area contributed by atoms with Gasteiger partial charge in [0.05, 0.1) is 18.3 Å². The summed E-state index contributed by atoms with van der Waals surface area (Å²) in [4.78, 5) is 32.7. The molecule has 2 aliphatic rings. The fraction of sp³-hybridized carbons (Fsp3) is 0.222. The molecular weight excluding hydrogens is 318 g/mol. The minimum atomic E-state index is -0.243. The number of carbonyl (C=O) groups is 2. The van der Waals surface area contributed by atoms with Gasteiger partial charge in [-0.3, -0.25) is 9.59 Å². The lowest BCUT2D eigenvalue weighted by molar-refractivity contribution is -0.115. The second kappa shape index (κ2) is 5.14. The van der Waals surface area contributed by atoms with Crippen molar-refractivity contribution in [2.75, 3.05) is 10.6 Å². The monoisotopic (exact) mass is 333 g/mol. The van der Waals surface area contributed by atoms with Crippen molar-refractivity contribution in [3.8, 4) is 0 Å². The Hall–Kier alpha value is -3.22. The quantitative estimate of drug-likeness (QED) is 0.771. The van der Waals surface area contributed by atoms with Crippen molar-refractivity contribution in [2.45, 2.75) is 25.3 Å².